The number of rotatable bonds is 3. The van der Waals surface area contributed by atoms with Gasteiger partial charge in [-0.25, -0.2) is 4.79 Å². The number of thioether (sulfide) groups is 1. The number of hydrogen-bond acceptors (Lipinski definition) is 2. The Labute approximate surface area is 75.0 Å². The van der Waals surface area contributed by atoms with Crippen LogP contribution in [0.1, 0.15) is 0 Å². The first-order valence-electron chi connectivity index (χ1n) is 3.35. The van der Waals surface area contributed by atoms with E-state index < -0.39 is 5.97 Å². The molecule has 0 saturated carbocycles. The van der Waals surface area contributed by atoms with Gasteiger partial charge in [-0.15, -0.1) is 11.8 Å². The van der Waals surface area contributed by atoms with Crippen LogP contribution in [0.15, 0.2) is 29.4 Å². The molecule has 0 unspecified atom stereocenters. The van der Waals surface area contributed by atoms with E-state index >= 15 is 0 Å². The van der Waals surface area contributed by atoms with Gasteiger partial charge < -0.3 is 5.11 Å². The highest BCUT2D eigenvalue weighted by Gasteiger charge is 2.05. The first kappa shape index (κ1) is 9.06. The lowest BCUT2D eigenvalue weighted by Gasteiger charge is -1.93. The molecule has 1 heterocycles. The van der Waals surface area contributed by atoms with E-state index in [-0.39, 0.29) is 6.54 Å². The van der Waals surface area contributed by atoms with Gasteiger partial charge in [0, 0.05) is 23.3 Å². The molecular weight excluding hydrogens is 174 g/mol. The molecule has 4 heteroatoms. The molecule has 0 spiro atoms. The minimum atomic E-state index is -0.838. The summed E-state index contributed by atoms with van der Waals surface area (Å²) < 4.78 is 1.60. The second-order valence-corrected chi connectivity index (χ2v) is 3.00. The number of nitrogens with zero attached hydrogens (tertiary/aromatic N) is 1. The summed E-state index contributed by atoms with van der Waals surface area (Å²) in [6.07, 6.45) is 7.09. The first-order valence-corrected chi connectivity index (χ1v) is 4.34. The molecule has 0 aliphatic heterocycles. The van der Waals surface area contributed by atoms with Gasteiger partial charge >= 0.3 is 5.97 Å². The Morgan fingerprint density at radius 3 is 2.58 bits per heavy atom. The molecule has 1 aromatic heterocycles. The van der Waals surface area contributed by atoms with Crippen molar-refractivity contribution in [2.45, 2.75) is 11.4 Å². The van der Waals surface area contributed by atoms with Crippen LogP contribution < -0.4 is 4.57 Å². The van der Waals surface area contributed by atoms with Crippen molar-refractivity contribution in [3.63, 3.8) is 0 Å². The zero-order valence-electron chi connectivity index (χ0n) is 6.43. The number of pyridine rings is 1. The molecule has 0 aliphatic rings. The van der Waals surface area contributed by atoms with Gasteiger partial charge in [-0.1, -0.05) is 0 Å². The van der Waals surface area contributed by atoms with Crippen molar-refractivity contribution in [3.05, 3.63) is 30.8 Å². The van der Waals surface area contributed by atoms with Gasteiger partial charge in [-0.3, -0.25) is 0 Å². The summed E-state index contributed by atoms with van der Waals surface area (Å²) in [5.74, 6) is -0.838. The van der Waals surface area contributed by atoms with Crippen LogP contribution in [0.3, 0.4) is 0 Å². The summed E-state index contributed by atoms with van der Waals surface area (Å²) in [5, 5.41) is 8.46. The van der Waals surface area contributed by atoms with Gasteiger partial charge in [0.15, 0.2) is 12.4 Å². The SMILES string of the molecule is [CH2]Sc1cc[n+](CC(=O)O)cc1. The zero-order chi connectivity index (χ0) is 8.97. The lowest BCUT2D eigenvalue weighted by molar-refractivity contribution is -0.686. The van der Waals surface area contributed by atoms with Gasteiger partial charge in [0.25, 0.3) is 0 Å². The zero-order valence-corrected chi connectivity index (χ0v) is 7.25. The molecule has 0 fully saturated rings. The van der Waals surface area contributed by atoms with Gasteiger partial charge in [0.05, 0.1) is 0 Å². The second-order valence-electron chi connectivity index (χ2n) is 2.24. The van der Waals surface area contributed by atoms with Crippen LogP contribution in [0, 0.1) is 6.26 Å². The molecule has 0 aliphatic carbocycles. The maximum Gasteiger partial charge on any atom is 0.370 e. The average molecular weight is 183 g/mol. The van der Waals surface area contributed by atoms with Crippen LogP contribution in [-0.4, -0.2) is 11.1 Å². The molecule has 1 aromatic rings. The summed E-state index contributed by atoms with van der Waals surface area (Å²) >= 11 is 1.39. The molecule has 1 rings (SSSR count). The number of aromatic nitrogens is 1. The Bertz CT molecular complexity index is 271. The predicted molar refractivity (Wildman–Crippen MR) is 45.5 cm³/mol. The maximum absolute atomic E-state index is 10.3. The Kier molecular flexibility index (Phi) is 3.10. The van der Waals surface area contributed by atoms with Gasteiger partial charge in [0.2, 0.25) is 6.54 Å². The number of carboxylic acid groups (broad SMARTS) is 1. The predicted octanol–water partition coefficient (Wildman–Crippen LogP) is 0.942. The van der Waals surface area contributed by atoms with E-state index in [1.54, 1.807) is 17.0 Å². The van der Waals surface area contributed by atoms with E-state index in [4.69, 9.17) is 5.11 Å². The number of carbonyl (C=O) groups is 1. The van der Waals surface area contributed by atoms with Gasteiger partial charge in [-0.05, 0) is 0 Å². The first-order chi connectivity index (χ1) is 5.72. The van der Waals surface area contributed by atoms with Crippen molar-refractivity contribution < 1.29 is 14.5 Å². The van der Waals surface area contributed by atoms with Crippen molar-refractivity contribution in [3.8, 4) is 0 Å². The second kappa shape index (κ2) is 4.11. The molecular formula is C8H9NO2S+. The van der Waals surface area contributed by atoms with Crippen LogP contribution in [0.4, 0.5) is 0 Å². The lowest BCUT2D eigenvalue weighted by atomic mass is 10.5. The molecule has 0 aromatic carbocycles. The Morgan fingerprint density at radius 2 is 2.17 bits per heavy atom. The van der Waals surface area contributed by atoms with E-state index in [2.05, 4.69) is 6.26 Å². The molecule has 1 N–H and O–H groups in total. The molecule has 1 radical (unpaired) electrons. The highest BCUT2D eigenvalue weighted by molar-refractivity contribution is 8.00. The monoisotopic (exact) mass is 183 g/mol. The van der Waals surface area contributed by atoms with Crippen molar-refractivity contribution in [1.29, 1.82) is 0 Å². The van der Waals surface area contributed by atoms with Gasteiger partial charge in [-0.2, -0.15) is 4.57 Å². The van der Waals surface area contributed by atoms with Crippen molar-refractivity contribution in [1.82, 2.24) is 0 Å². The normalized spacial score (nSPS) is 9.75. The summed E-state index contributed by atoms with van der Waals surface area (Å²) in [7, 11) is 0. The molecule has 0 amide bonds. The quantitative estimate of drug-likeness (QED) is 0.560. The van der Waals surface area contributed by atoms with E-state index in [0.29, 0.717) is 0 Å². The summed E-state index contributed by atoms with van der Waals surface area (Å²) in [5.41, 5.74) is 0. The summed E-state index contributed by atoms with van der Waals surface area (Å²) in [6.45, 7) is 0.00207. The van der Waals surface area contributed by atoms with Crippen molar-refractivity contribution in [2.24, 2.45) is 0 Å². The number of carboxylic acids is 1. The molecule has 12 heavy (non-hydrogen) atoms. The Morgan fingerprint density at radius 1 is 1.58 bits per heavy atom. The molecule has 3 nitrogen and oxygen atoms in total. The van der Waals surface area contributed by atoms with E-state index in [9.17, 15) is 4.79 Å². The highest BCUT2D eigenvalue weighted by Crippen LogP contribution is 2.12. The van der Waals surface area contributed by atoms with Crippen LogP contribution in [0.5, 0.6) is 0 Å². The van der Waals surface area contributed by atoms with Crippen molar-refractivity contribution >= 4 is 17.7 Å². The highest BCUT2D eigenvalue weighted by atomic mass is 32.2. The third-order valence-corrected chi connectivity index (χ3v) is 1.95. The minimum absolute atomic E-state index is 0.00207. The molecule has 0 saturated heterocycles. The van der Waals surface area contributed by atoms with Crippen molar-refractivity contribution in [2.75, 3.05) is 0 Å². The van der Waals surface area contributed by atoms with Crippen LogP contribution >= 0.6 is 11.8 Å². The summed E-state index contributed by atoms with van der Waals surface area (Å²) in [4.78, 5) is 11.3. The third kappa shape index (κ3) is 2.54. The molecule has 63 valence electrons. The minimum Gasteiger partial charge on any atom is -0.477 e. The Hall–Kier alpha value is -1.03. The van der Waals surface area contributed by atoms with E-state index in [1.807, 2.05) is 12.1 Å². The fourth-order valence-corrected chi connectivity index (χ4v) is 1.12. The van der Waals surface area contributed by atoms with Crippen LogP contribution in [-0.2, 0) is 11.3 Å². The average Bonchev–Trinajstić information content (AvgIpc) is 2.05. The van der Waals surface area contributed by atoms with E-state index in [0.717, 1.165) is 4.90 Å². The fraction of sp³-hybridized carbons (Fsp3) is 0.125. The largest absolute Gasteiger partial charge is 0.477 e. The molecule has 0 bridgehead atoms. The molecule has 0 atom stereocenters. The summed E-state index contributed by atoms with van der Waals surface area (Å²) in [6, 6.07) is 3.67. The third-order valence-electron chi connectivity index (χ3n) is 1.35. The smallest absolute Gasteiger partial charge is 0.370 e. The van der Waals surface area contributed by atoms with E-state index in [1.165, 1.54) is 11.8 Å². The lowest BCUT2D eigenvalue weighted by Crippen LogP contribution is -2.36. The topological polar surface area (TPSA) is 41.2 Å². The fourth-order valence-electron chi connectivity index (χ4n) is 0.801. The number of hydrogen-bond donors (Lipinski definition) is 1. The van der Waals surface area contributed by atoms with Crippen LogP contribution in [0.2, 0.25) is 0 Å². The standard InChI is InChI=1S/C8H8NO2S/c1-12-7-2-4-9(5-3-7)6-8(10)11/h2-5H,1,6H2/p+1. The van der Waals surface area contributed by atoms with Crippen LogP contribution in [0.25, 0.3) is 0 Å². The Balaban J connectivity index is 2.71. The maximum atomic E-state index is 10.3. The van der Waals surface area contributed by atoms with Gasteiger partial charge in [0.1, 0.15) is 0 Å². The number of aliphatic carboxylic acids is 1.